The number of carbonyl (C=O) groups excluding carboxylic acids is 2. The quantitative estimate of drug-likeness (QED) is 0.754. The van der Waals surface area contributed by atoms with E-state index in [1.165, 1.54) is 4.90 Å². The molecule has 2 aromatic carbocycles. The normalized spacial score (nSPS) is 10.5. The number of benzene rings is 2. The molecule has 7 heteroatoms. The third-order valence-electron chi connectivity index (χ3n) is 3.77. The van der Waals surface area contributed by atoms with Crippen LogP contribution >= 0.6 is 11.6 Å². The van der Waals surface area contributed by atoms with Crippen LogP contribution in [0, 0.1) is 18.6 Å². The van der Waals surface area contributed by atoms with Crippen LogP contribution in [-0.4, -0.2) is 29.8 Å². The zero-order valence-corrected chi connectivity index (χ0v) is 15.2. The van der Waals surface area contributed by atoms with Gasteiger partial charge in [-0.3, -0.25) is 9.59 Å². The van der Waals surface area contributed by atoms with Crippen LogP contribution in [0.4, 0.5) is 14.5 Å². The predicted molar refractivity (Wildman–Crippen MR) is 97.4 cm³/mol. The lowest BCUT2D eigenvalue weighted by Gasteiger charge is -2.22. The standard InChI is InChI=1S/C19H19ClF2N2O2/c1-3-8-24(11-18(25)23-17-7-5-4-6-12(17)2)19(26)13-9-15(21)16(22)10-14(13)20/h4-7,9-10H,3,8,11H2,1-2H3,(H,23,25). The minimum absolute atomic E-state index is 0.178. The fraction of sp³-hybridized carbons (Fsp3) is 0.263. The maximum atomic E-state index is 13.5. The lowest BCUT2D eigenvalue weighted by Crippen LogP contribution is -2.38. The summed E-state index contributed by atoms with van der Waals surface area (Å²) in [5.41, 5.74) is 1.35. The van der Waals surface area contributed by atoms with Crippen molar-refractivity contribution < 1.29 is 18.4 Å². The van der Waals surface area contributed by atoms with Gasteiger partial charge in [0, 0.05) is 12.2 Å². The van der Waals surface area contributed by atoms with Crippen molar-refractivity contribution in [2.45, 2.75) is 20.3 Å². The molecular formula is C19H19ClF2N2O2. The van der Waals surface area contributed by atoms with Crippen molar-refractivity contribution >= 4 is 29.1 Å². The minimum Gasteiger partial charge on any atom is -0.329 e. The van der Waals surface area contributed by atoms with Gasteiger partial charge in [-0.15, -0.1) is 0 Å². The first-order valence-electron chi connectivity index (χ1n) is 8.12. The van der Waals surface area contributed by atoms with Gasteiger partial charge in [-0.25, -0.2) is 8.78 Å². The molecule has 0 bridgehead atoms. The molecule has 0 aliphatic rings. The van der Waals surface area contributed by atoms with Crippen molar-refractivity contribution in [2.75, 3.05) is 18.4 Å². The maximum absolute atomic E-state index is 13.5. The lowest BCUT2D eigenvalue weighted by molar-refractivity contribution is -0.116. The van der Waals surface area contributed by atoms with Gasteiger partial charge in [-0.1, -0.05) is 36.7 Å². The molecule has 0 atom stereocenters. The molecule has 0 aliphatic carbocycles. The third-order valence-corrected chi connectivity index (χ3v) is 4.09. The van der Waals surface area contributed by atoms with E-state index in [1.807, 2.05) is 26.0 Å². The summed E-state index contributed by atoms with van der Waals surface area (Å²) in [6, 6.07) is 8.75. The summed E-state index contributed by atoms with van der Waals surface area (Å²) >= 11 is 5.87. The van der Waals surface area contributed by atoms with E-state index in [0.29, 0.717) is 12.1 Å². The van der Waals surface area contributed by atoms with Crippen LogP contribution < -0.4 is 5.32 Å². The molecule has 0 saturated carbocycles. The monoisotopic (exact) mass is 380 g/mol. The molecule has 2 rings (SSSR count). The number of rotatable bonds is 6. The molecule has 0 saturated heterocycles. The Morgan fingerprint density at radius 1 is 1.15 bits per heavy atom. The van der Waals surface area contributed by atoms with E-state index in [2.05, 4.69) is 5.32 Å². The SMILES string of the molecule is CCCN(CC(=O)Nc1ccccc1C)C(=O)c1cc(F)c(F)cc1Cl. The average molecular weight is 381 g/mol. The maximum Gasteiger partial charge on any atom is 0.255 e. The van der Waals surface area contributed by atoms with Crippen molar-refractivity contribution in [2.24, 2.45) is 0 Å². The highest BCUT2D eigenvalue weighted by atomic mass is 35.5. The first-order valence-corrected chi connectivity index (χ1v) is 8.50. The van der Waals surface area contributed by atoms with Gasteiger partial charge in [0.15, 0.2) is 11.6 Å². The topological polar surface area (TPSA) is 49.4 Å². The molecule has 138 valence electrons. The number of anilines is 1. The molecule has 0 unspecified atom stereocenters. The third kappa shape index (κ3) is 4.79. The van der Waals surface area contributed by atoms with E-state index in [1.54, 1.807) is 12.1 Å². The van der Waals surface area contributed by atoms with Gasteiger partial charge in [0.05, 0.1) is 10.6 Å². The molecule has 1 N–H and O–H groups in total. The Morgan fingerprint density at radius 2 is 1.81 bits per heavy atom. The van der Waals surface area contributed by atoms with Crippen LogP contribution in [-0.2, 0) is 4.79 Å². The fourth-order valence-electron chi connectivity index (χ4n) is 2.46. The number of nitrogens with one attached hydrogen (secondary N) is 1. The average Bonchev–Trinajstić information content (AvgIpc) is 2.59. The Hall–Kier alpha value is -2.47. The Morgan fingerprint density at radius 3 is 2.46 bits per heavy atom. The van der Waals surface area contributed by atoms with Gasteiger partial charge in [0.1, 0.15) is 6.54 Å². The first-order chi connectivity index (χ1) is 12.3. The number of hydrogen-bond donors (Lipinski definition) is 1. The molecule has 2 aromatic rings. The van der Waals surface area contributed by atoms with Crippen molar-refractivity contribution in [3.05, 3.63) is 64.2 Å². The summed E-state index contributed by atoms with van der Waals surface area (Å²) in [7, 11) is 0. The summed E-state index contributed by atoms with van der Waals surface area (Å²) in [6.07, 6.45) is 0.588. The molecule has 0 heterocycles. The van der Waals surface area contributed by atoms with E-state index in [-0.39, 0.29) is 29.6 Å². The van der Waals surface area contributed by atoms with E-state index in [9.17, 15) is 18.4 Å². The van der Waals surface area contributed by atoms with E-state index in [0.717, 1.165) is 17.7 Å². The second-order valence-electron chi connectivity index (χ2n) is 5.84. The van der Waals surface area contributed by atoms with Crippen LogP contribution in [0.15, 0.2) is 36.4 Å². The molecule has 0 aliphatic heterocycles. The van der Waals surface area contributed by atoms with E-state index >= 15 is 0 Å². The Balaban J connectivity index is 2.18. The first kappa shape index (κ1) is 19.8. The summed E-state index contributed by atoms with van der Waals surface area (Å²) in [6.45, 7) is 3.74. The highest BCUT2D eigenvalue weighted by Gasteiger charge is 2.22. The van der Waals surface area contributed by atoms with Gasteiger partial charge >= 0.3 is 0 Å². The highest BCUT2D eigenvalue weighted by Crippen LogP contribution is 2.22. The van der Waals surface area contributed by atoms with Crippen LogP contribution in [0.1, 0.15) is 29.3 Å². The Kier molecular flexibility index (Phi) is 6.69. The molecule has 0 aromatic heterocycles. The van der Waals surface area contributed by atoms with Gasteiger partial charge < -0.3 is 10.2 Å². The molecule has 26 heavy (non-hydrogen) atoms. The minimum atomic E-state index is -1.17. The van der Waals surface area contributed by atoms with Crippen LogP contribution in [0.2, 0.25) is 5.02 Å². The Bertz CT molecular complexity index is 827. The summed E-state index contributed by atoms with van der Waals surface area (Å²) < 4.78 is 26.7. The second-order valence-corrected chi connectivity index (χ2v) is 6.24. The van der Waals surface area contributed by atoms with Gasteiger partial charge in [0.2, 0.25) is 5.91 Å². The number of para-hydroxylation sites is 1. The number of nitrogens with zero attached hydrogens (tertiary/aromatic N) is 1. The number of hydrogen-bond acceptors (Lipinski definition) is 2. The van der Waals surface area contributed by atoms with Crippen LogP contribution in [0.25, 0.3) is 0 Å². The van der Waals surface area contributed by atoms with Crippen molar-refractivity contribution in [1.29, 1.82) is 0 Å². The second kappa shape index (κ2) is 8.76. The molecule has 0 radical (unpaired) electrons. The number of carbonyl (C=O) groups is 2. The van der Waals surface area contributed by atoms with E-state index in [4.69, 9.17) is 11.6 Å². The van der Waals surface area contributed by atoms with Gasteiger partial charge in [0.25, 0.3) is 5.91 Å². The van der Waals surface area contributed by atoms with Crippen molar-refractivity contribution in [1.82, 2.24) is 4.90 Å². The zero-order chi connectivity index (χ0) is 19.3. The fourth-order valence-corrected chi connectivity index (χ4v) is 2.69. The molecule has 0 spiro atoms. The highest BCUT2D eigenvalue weighted by molar-refractivity contribution is 6.33. The number of amides is 2. The van der Waals surface area contributed by atoms with Crippen LogP contribution in [0.5, 0.6) is 0 Å². The largest absolute Gasteiger partial charge is 0.329 e. The molecule has 4 nitrogen and oxygen atoms in total. The van der Waals surface area contributed by atoms with Crippen LogP contribution in [0.3, 0.4) is 0 Å². The summed E-state index contributed by atoms with van der Waals surface area (Å²) in [5, 5.41) is 2.54. The predicted octanol–water partition coefficient (Wildman–Crippen LogP) is 4.42. The summed E-state index contributed by atoms with van der Waals surface area (Å²) in [4.78, 5) is 26.2. The van der Waals surface area contributed by atoms with Crippen molar-refractivity contribution in [3.8, 4) is 0 Å². The smallest absolute Gasteiger partial charge is 0.255 e. The number of aryl methyl sites for hydroxylation is 1. The summed E-state index contributed by atoms with van der Waals surface area (Å²) in [5.74, 6) is -3.32. The molecule has 2 amide bonds. The van der Waals surface area contributed by atoms with Crippen molar-refractivity contribution in [3.63, 3.8) is 0 Å². The molecule has 0 fully saturated rings. The van der Waals surface area contributed by atoms with E-state index < -0.39 is 17.5 Å². The van der Waals surface area contributed by atoms with Gasteiger partial charge in [-0.05, 0) is 37.1 Å². The lowest BCUT2D eigenvalue weighted by atomic mass is 10.1. The van der Waals surface area contributed by atoms with Gasteiger partial charge in [-0.2, -0.15) is 0 Å². The molecular weight excluding hydrogens is 362 g/mol. The zero-order valence-electron chi connectivity index (χ0n) is 14.5. The Labute approximate surface area is 155 Å². The number of halogens is 3.